The molecule has 0 fully saturated rings. The van der Waals surface area contributed by atoms with E-state index in [-0.39, 0.29) is 17.6 Å². The summed E-state index contributed by atoms with van der Waals surface area (Å²) in [7, 11) is 1.55. The minimum absolute atomic E-state index is 0.0475. The molecular weight excluding hydrogens is 310 g/mol. The average Bonchev–Trinajstić information content (AvgIpc) is 2.92. The second-order valence-corrected chi connectivity index (χ2v) is 7.30. The van der Waals surface area contributed by atoms with Crippen LogP contribution in [-0.4, -0.2) is 18.1 Å². The van der Waals surface area contributed by atoms with E-state index >= 15 is 0 Å². The first-order chi connectivity index (χ1) is 11.2. The number of anilines is 1. The van der Waals surface area contributed by atoms with E-state index in [1.165, 1.54) is 28.8 Å². The van der Waals surface area contributed by atoms with Crippen LogP contribution < -0.4 is 10.1 Å². The summed E-state index contributed by atoms with van der Waals surface area (Å²) in [6.07, 6.45) is 5.12. The number of aromatic hydroxyl groups is 1. The Hall–Kier alpha value is -2.01. The van der Waals surface area contributed by atoms with Crippen molar-refractivity contribution in [2.24, 2.45) is 0 Å². The Labute approximate surface area is 139 Å². The molecule has 0 radical (unpaired) electrons. The van der Waals surface area contributed by atoms with Crippen LogP contribution in [-0.2, 0) is 17.6 Å². The summed E-state index contributed by atoms with van der Waals surface area (Å²) in [4.78, 5) is 13.6. The zero-order valence-corrected chi connectivity index (χ0v) is 13.8. The van der Waals surface area contributed by atoms with Crippen molar-refractivity contribution < 1.29 is 14.6 Å². The summed E-state index contributed by atoms with van der Waals surface area (Å²) in [5, 5.41) is 13.9. The number of hydrogen-bond acceptors (Lipinski definition) is 4. The van der Waals surface area contributed by atoms with Crippen molar-refractivity contribution in [2.75, 3.05) is 12.4 Å². The molecule has 2 heterocycles. The lowest BCUT2D eigenvalue weighted by Crippen LogP contribution is -2.23. The summed E-state index contributed by atoms with van der Waals surface area (Å²) >= 11 is 1.74. The van der Waals surface area contributed by atoms with Gasteiger partial charge < -0.3 is 15.2 Å². The summed E-state index contributed by atoms with van der Waals surface area (Å²) in [6.45, 7) is 0. The Bertz CT molecular complexity index is 781. The number of aryl methyl sites for hydroxylation is 1. The SMILES string of the molecule is COc1cc([C@@H]2CC(=O)Nc3sc4c(c32)CCCC4)ccc1O. The Morgan fingerprint density at radius 2 is 2.13 bits per heavy atom. The third-order valence-corrected chi connectivity index (χ3v) is 6.03. The highest BCUT2D eigenvalue weighted by Crippen LogP contribution is 2.48. The van der Waals surface area contributed by atoms with Crippen LogP contribution in [0.25, 0.3) is 0 Å². The molecule has 4 nitrogen and oxygen atoms in total. The van der Waals surface area contributed by atoms with E-state index in [4.69, 9.17) is 4.74 Å². The third-order valence-electron chi connectivity index (χ3n) is 4.81. The van der Waals surface area contributed by atoms with E-state index in [0.717, 1.165) is 23.4 Å². The molecule has 1 amide bonds. The lowest BCUT2D eigenvalue weighted by molar-refractivity contribution is -0.116. The first-order valence-corrected chi connectivity index (χ1v) is 8.80. The maximum atomic E-state index is 12.2. The quantitative estimate of drug-likeness (QED) is 0.881. The lowest BCUT2D eigenvalue weighted by Gasteiger charge is -2.26. The smallest absolute Gasteiger partial charge is 0.225 e. The van der Waals surface area contributed by atoms with Gasteiger partial charge in [-0.3, -0.25) is 4.79 Å². The zero-order valence-electron chi connectivity index (χ0n) is 13.0. The number of hydrogen-bond donors (Lipinski definition) is 2. The molecule has 0 spiro atoms. The van der Waals surface area contributed by atoms with Gasteiger partial charge in [0.15, 0.2) is 11.5 Å². The molecule has 0 unspecified atom stereocenters. The fourth-order valence-electron chi connectivity index (χ4n) is 3.71. The molecular formula is C18H19NO3S. The number of carbonyl (C=O) groups excluding carboxylic acids is 1. The normalized spacial score (nSPS) is 19.7. The number of rotatable bonds is 2. The Kier molecular flexibility index (Phi) is 3.53. The number of methoxy groups -OCH3 is 1. The summed E-state index contributed by atoms with van der Waals surface area (Å²) in [5.74, 6) is 0.697. The molecule has 1 atom stereocenters. The molecule has 0 saturated carbocycles. The Balaban J connectivity index is 1.84. The number of amides is 1. The van der Waals surface area contributed by atoms with Crippen molar-refractivity contribution in [1.82, 2.24) is 0 Å². The van der Waals surface area contributed by atoms with Crippen molar-refractivity contribution in [3.8, 4) is 11.5 Å². The van der Waals surface area contributed by atoms with Crippen molar-refractivity contribution in [3.05, 3.63) is 39.8 Å². The summed E-state index contributed by atoms with van der Waals surface area (Å²) < 4.78 is 5.24. The number of phenolic OH excluding ortho intramolecular Hbond substituents is 1. The number of benzene rings is 1. The van der Waals surface area contributed by atoms with Gasteiger partial charge in [-0.2, -0.15) is 0 Å². The van der Waals surface area contributed by atoms with Gasteiger partial charge in [0.05, 0.1) is 12.1 Å². The molecule has 2 aliphatic rings. The molecule has 5 heteroatoms. The molecule has 2 N–H and O–H groups in total. The second kappa shape index (κ2) is 5.57. The van der Waals surface area contributed by atoms with Gasteiger partial charge in [-0.25, -0.2) is 0 Å². The van der Waals surface area contributed by atoms with Crippen LogP contribution in [0.15, 0.2) is 18.2 Å². The highest BCUT2D eigenvalue weighted by molar-refractivity contribution is 7.16. The highest BCUT2D eigenvalue weighted by atomic mass is 32.1. The van der Waals surface area contributed by atoms with Gasteiger partial charge in [-0.15, -0.1) is 11.3 Å². The minimum Gasteiger partial charge on any atom is -0.504 e. The molecule has 2 aromatic rings. The zero-order chi connectivity index (χ0) is 16.0. The van der Waals surface area contributed by atoms with Crippen molar-refractivity contribution in [3.63, 3.8) is 0 Å². The second-order valence-electron chi connectivity index (χ2n) is 6.19. The highest BCUT2D eigenvalue weighted by Gasteiger charge is 2.33. The first kappa shape index (κ1) is 14.6. The van der Waals surface area contributed by atoms with E-state index in [0.29, 0.717) is 12.2 Å². The van der Waals surface area contributed by atoms with E-state index in [1.54, 1.807) is 24.5 Å². The molecule has 23 heavy (non-hydrogen) atoms. The van der Waals surface area contributed by atoms with E-state index in [9.17, 15) is 9.90 Å². The fraction of sp³-hybridized carbons (Fsp3) is 0.389. The van der Waals surface area contributed by atoms with Crippen LogP contribution in [0.5, 0.6) is 11.5 Å². The van der Waals surface area contributed by atoms with Crippen LogP contribution >= 0.6 is 11.3 Å². The van der Waals surface area contributed by atoms with Gasteiger partial charge in [0.25, 0.3) is 0 Å². The van der Waals surface area contributed by atoms with Crippen LogP contribution in [0, 0.1) is 0 Å². The number of phenols is 1. The van der Waals surface area contributed by atoms with Crippen LogP contribution in [0.1, 0.15) is 46.7 Å². The molecule has 1 aliphatic heterocycles. The molecule has 4 rings (SSSR count). The summed E-state index contributed by atoms with van der Waals surface area (Å²) in [5.41, 5.74) is 3.76. The predicted octanol–water partition coefficient (Wildman–Crippen LogP) is 3.82. The van der Waals surface area contributed by atoms with Gasteiger partial charge in [0.1, 0.15) is 0 Å². The van der Waals surface area contributed by atoms with Gasteiger partial charge in [0, 0.05) is 17.2 Å². The molecule has 1 aromatic heterocycles. The number of fused-ring (bicyclic) bond motifs is 3. The van der Waals surface area contributed by atoms with Gasteiger partial charge in [-0.1, -0.05) is 6.07 Å². The largest absolute Gasteiger partial charge is 0.504 e. The molecule has 0 bridgehead atoms. The minimum atomic E-state index is 0.0475. The van der Waals surface area contributed by atoms with Gasteiger partial charge >= 0.3 is 0 Å². The number of nitrogens with one attached hydrogen (secondary N) is 1. The molecule has 120 valence electrons. The predicted molar refractivity (Wildman–Crippen MR) is 90.7 cm³/mol. The van der Waals surface area contributed by atoms with Crippen molar-refractivity contribution in [1.29, 1.82) is 0 Å². The van der Waals surface area contributed by atoms with E-state index < -0.39 is 0 Å². The lowest BCUT2D eigenvalue weighted by atomic mass is 9.82. The summed E-state index contributed by atoms with van der Waals surface area (Å²) in [6, 6.07) is 5.41. The average molecular weight is 329 g/mol. The number of thiophene rings is 1. The van der Waals surface area contributed by atoms with E-state index in [1.807, 2.05) is 12.1 Å². The monoisotopic (exact) mass is 329 g/mol. The standard InChI is InChI=1S/C18H19NO3S/c1-22-14-8-10(6-7-13(14)20)12-9-16(21)19-18-17(12)11-4-2-3-5-15(11)23-18/h6-8,12,20H,2-5,9H2,1H3,(H,19,21)/t12-/m0/s1. The van der Waals surface area contributed by atoms with Crippen LogP contribution in [0.4, 0.5) is 5.00 Å². The molecule has 1 aromatic carbocycles. The van der Waals surface area contributed by atoms with Crippen molar-refractivity contribution >= 4 is 22.2 Å². The van der Waals surface area contributed by atoms with Crippen molar-refractivity contribution in [2.45, 2.75) is 38.0 Å². The molecule has 0 saturated heterocycles. The topological polar surface area (TPSA) is 58.6 Å². The van der Waals surface area contributed by atoms with E-state index in [2.05, 4.69) is 5.32 Å². The fourth-order valence-corrected chi connectivity index (χ4v) is 5.08. The maximum Gasteiger partial charge on any atom is 0.225 e. The van der Waals surface area contributed by atoms with Gasteiger partial charge in [-0.05, 0) is 54.5 Å². The molecule has 1 aliphatic carbocycles. The van der Waals surface area contributed by atoms with Gasteiger partial charge in [0.2, 0.25) is 5.91 Å². The number of carbonyl (C=O) groups is 1. The third kappa shape index (κ3) is 2.39. The Morgan fingerprint density at radius 1 is 1.30 bits per heavy atom. The number of ether oxygens (including phenoxy) is 1. The Morgan fingerprint density at radius 3 is 2.96 bits per heavy atom. The van der Waals surface area contributed by atoms with Crippen LogP contribution in [0.3, 0.4) is 0 Å². The first-order valence-electron chi connectivity index (χ1n) is 7.98. The van der Waals surface area contributed by atoms with Crippen LogP contribution in [0.2, 0.25) is 0 Å². The maximum absolute atomic E-state index is 12.2.